The van der Waals surface area contributed by atoms with E-state index in [9.17, 15) is 53.1 Å². The van der Waals surface area contributed by atoms with Crippen molar-refractivity contribution in [3.05, 3.63) is 35.9 Å². The summed E-state index contributed by atoms with van der Waals surface area (Å²) in [6, 6.07) is 0.0700. The van der Waals surface area contributed by atoms with Gasteiger partial charge in [-0.15, -0.1) is 0 Å². The maximum atomic E-state index is 14.6. The summed E-state index contributed by atoms with van der Waals surface area (Å²) < 4.78 is 5.87. The second-order valence-corrected chi connectivity index (χ2v) is 23.1. The lowest BCUT2D eigenvalue weighted by atomic mass is 9.94. The molecule has 1 aromatic rings. The minimum atomic E-state index is -1.61. The zero-order valence-corrected chi connectivity index (χ0v) is 51.1. The topological polar surface area (TPSA) is 273 Å². The number of ether oxygens (including phenoxy) is 1. The van der Waals surface area contributed by atoms with Gasteiger partial charge >= 0.3 is 0 Å². The van der Waals surface area contributed by atoms with E-state index >= 15 is 0 Å². The smallest absolute Gasteiger partial charge is 0.248 e. The molecule has 0 radical (unpaired) electrons. The number of amides is 10. The lowest BCUT2D eigenvalue weighted by Crippen LogP contribution is -2.62. The molecule has 0 aliphatic heterocycles. The Morgan fingerprint density at radius 1 is 0.595 bits per heavy atom. The molecule has 10 atom stereocenters. The Labute approximate surface area is 470 Å². The number of aliphatic hydroxyl groups is 1. The van der Waals surface area contributed by atoms with Crippen molar-refractivity contribution in [2.75, 3.05) is 62.5 Å². The predicted molar refractivity (Wildman–Crippen MR) is 302 cm³/mol. The van der Waals surface area contributed by atoms with E-state index in [-0.39, 0.29) is 62.4 Å². The van der Waals surface area contributed by atoms with Crippen LogP contribution in [0, 0.1) is 17.8 Å². The third kappa shape index (κ3) is 21.4. The first-order valence-electron chi connectivity index (χ1n) is 27.5. The van der Waals surface area contributed by atoms with Crippen LogP contribution in [0.5, 0.6) is 0 Å². The van der Waals surface area contributed by atoms with Crippen LogP contribution in [-0.2, 0) is 59.1 Å². The number of nitrogens with zero attached hydrogens (tertiary/aromatic N) is 7. The van der Waals surface area contributed by atoms with Crippen molar-refractivity contribution in [2.24, 2.45) is 23.5 Å². The number of nitrogens with two attached hydrogens (primary N) is 1. The summed E-state index contributed by atoms with van der Waals surface area (Å²) in [5.41, 5.74) is 5.69. The Kier molecular flexibility index (Phi) is 28.9. The third-order valence-corrected chi connectivity index (χ3v) is 14.5. The Hall–Kier alpha value is -6.16. The van der Waals surface area contributed by atoms with Crippen LogP contribution >= 0.6 is 0 Å². The van der Waals surface area contributed by atoms with Gasteiger partial charge < -0.3 is 60.5 Å². The molecule has 0 fully saturated rings. The number of carbonyl (C=O) groups is 10. The van der Waals surface area contributed by atoms with Gasteiger partial charge in [-0.05, 0) is 77.7 Å². The molecule has 0 heterocycles. The van der Waals surface area contributed by atoms with E-state index in [0.29, 0.717) is 6.42 Å². The van der Waals surface area contributed by atoms with Crippen LogP contribution < -0.4 is 16.4 Å². The molecule has 448 valence electrons. The fourth-order valence-electron chi connectivity index (χ4n) is 8.99. The molecule has 1 aromatic carbocycles. The summed E-state index contributed by atoms with van der Waals surface area (Å²) in [6.45, 7) is 22.1. The standard InChI is InChI=1S/C57H98N10O12/c1-21-36(7)49(51(73)59-41(31-45(58)69)33-79-57(11,12)13)67(20)55(77)43(29-35(5)6)65(18)53(75)38(9)63(16)56(78)48(39(10)68)60-50(72)42(28-34(3)4)64(17)47(71)32-61(14)54(76)44(30-40-26-24-23-25-27-40)66(19)52(74)37(8)62(15)46(70)22-2/h23-27,34-39,41-44,48-49,68H,21-22,28-33H2,1-20H3,(H2,58,69)(H,59,73)(H,60,72)/t36-,37-,38-,39+,41+,42-,43-,44-,48-,49-/m0/s1. The van der Waals surface area contributed by atoms with Gasteiger partial charge in [0.25, 0.3) is 0 Å². The monoisotopic (exact) mass is 1110 g/mol. The predicted octanol–water partition coefficient (Wildman–Crippen LogP) is 2.28. The van der Waals surface area contributed by atoms with Crippen molar-refractivity contribution >= 4 is 59.1 Å². The Bertz CT molecular complexity index is 2220. The minimum Gasteiger partial charge on any atom is -0.391 e. The fourth-order valence-corrected chi connectivity index (χ4v) is 8.99. The summed E-state index contributed by atoms with van der Waals surface area (Å²) >= 11 is 0. The average molecular weight is 1120 g/mol. The molecule has 0 unspecified atom stereocenters. The molecule has 5 N–H and O–H groups in total. The van der Waals surface area contributed by atoms with Crippen LogP contribution in [0.3, 0.4) is 0 Å². The number of aliphatic hydroxyl groups excluding tert-OH is 1. The normalized spacial score (nSPS) is 15.4. The molecule has 0 aromatic heterocycles. The summed E-state index contributed by atoms with van der Waals surface area (Å²) in [5, 5.41) is 16.5. The van der Waals surface area contributed by atoms with Crippen molar-refractivity contribution in [1.82, 2.24) is 44.9 Å². The fraction of sp³-hybridized carbons (Fsp3) is 0.719. The zero-order valence-electron chi connectivity index (χ0n) is 51.1. The van der Waals surface area contributed by atoms with Crippen LogP contribution in [0.25, 0.3) is 0 Å². The van der Waals surface area contributed by atoms with E-state index in [1.54, 1.807) is 26.0 Å². The van der Waals surface area contributed by atoms with E-state index in [1.165, 1.54) is 92.6 Å². The van der Waals surface area contributed by atoms with Crippen LogP contribution in [0.4, 0.5) is 0 Å². The number of benzene rings is 1. The highest BCUT2D eigenvalue weighted by Crippen LogP contribution is 2.23. The molecule has 1 rings (SSSR count). The first-order valence-corrected chi connectivity index (χ1v) is 27.5. The number of hydrogen-bond acceptors (Lipinski definition) is 12. The van der Waals surface area contributed by atoms with Gasteiger partial charge in [-0.2, -0.15) is 0 Å². The van der Waals surface area contributed by atoms with Gasteiger partial charge in [-0.3, -0.25) is 47.9 Å². The highest BCUT2D eigenvalue weighted by molar-refractivity contribution is 5.97. The Morgan fingerprint density at radius 2 is 1.10 bits per heavy atom. The number of rotatable bonds is 31. The molecule has 22 nitrogen and oxygen atoms in total. The number of nitrogens with one attached hydrogen (secondary N) is 2. The van der Waals surface area contributed by atoms with Crippen molar-refractivity contribution in [1.29, 1.82) is 0 Å². The van der Waals surface area contributed by atoms with Gasteiger partial charge in [0.05, 0.1) is 30.9 Å². The highest BCUT2D eigenvalue weighted by atomic mass is 16.5. The molecular weight excluding hydrogens is 1020 g/mol. The van der Waals surface area contributed by atoms with Crippen molar-refractivity contribution in [3.63, 3.8) is 0 Å². The molecule has 0 aliphatic rings. The van der Waals surface area contributed by atoms with Crippen LogP contribution in [0.15, 0.2) is 30.3 Å². The SMILES string of the molecule is CCC(=O)N(C)[C@@H](C)C(=O)N(C)[C@@H](Cc1ccccc1)C(=O)N(C)CC(=O)N(C)[C@@H](CC(C)C)C(=O)N[C@H](C(=O)N(C)[C@@H](C)C(=O)N(C)[C@@H](CC(C)C)C(=O)N(C)[C@H](C(=O)N[C@@H](COC(C)(C)C)CC(N)=O)[C@@H](C)CC)[C@@H](C)O. The van der Waals surface area contributed by atoms with E-state index < -0.39 is 120 Å². The maximum absolute atomic E-state index is 14.6. The molecule has 0 spiro atoms. The quantitative estimate of drug-likeness (QED) is 0.0834. The first-order chi connectivity index (χ1) is 36.4. The molecular formula is C57H98N10O12. The van der Waals surface area contributed by atoms with Crippen molar-refractivity contribution < 1.29 is 57.8 Å². The third-order valence-electron chi connectivity index (χ3n) is 14.5. The molecule has 79 heavy (non-hydrogen) atoms. The number of hydrogen-bond donors (Lipinski definition) is 4. The Balaban J connectivity index is 3.48. The maximum Gasteiger partial charge on any atom is 0.248 e. The van der Waals surface area contributed by atoms with Gasteiger partial charge in [0.15, 0.2) is 0 Å². The highest BCUT2D eigenvalue weighted by Gasteiger charge is 2.42. The number of primary amides is 1. The second-order valence-electron chi connectivity index (χ2n) is 23.1. The molecule has 10 amide bonds. The van der Waals surface area contributed by atoms with Gasteiger partial charge in [-0.25, -0.2) is 0 Å². The lowest BCUT2D eigenvalue weighted by Gasteiger charge is -2.39. The van der Waals surface area contributed by atoms with Gasteiger partial charge in [0.2, 0.25) is 59.1 Å². The van der Waals surface area contributed by atoms with Crippen LogP contribution in [-0.4, -0.2) is 221 Å². The van der Waals surface area contributed by atoms with E-state index in [1.807, 2.05) is 80.5 Å². The lowest BCUT2D eigenvalue weighted by molar-refractivity contribution is -0.154. The van der Waals surface area contributed by atoms with Crippen LogP contribution in [0.1, 0.15) is 128 Å². The second kappa shape index (κ2) is 32.2. The first kappa shape index (κ1) is 70.9. The van der Waals surface area contributed by atoms with Gasteiger partial charge in [-0.1, -0.05) is 85.2 Å². The van der Waals surface area contributed by atoms with Gasteiger partial charge in [0, 0.05) is 68.6 Å². The molecule has 0 saturated heterocycles. The van der Waals surface area contributed by atoms with Crippen LogP contribution in [0.2, 0.25) is 0 Å². The Morgan fingerprint density at radius 3 is 1.57 bits per heavy atom. The largest absolute Gasteiger partial charge is 0.391 e. The van der Waals surface area contributed by atoms with E-state index in [0.717, 1.165) is 10.5 Å². The van der Waals surface area contributed by atoms with Gasteiger partial charge in [0.1, 0.15) is 42.3 Å². The minimum absolute atomic E-state index is 0.0124. The molecule has 22 heteroatoms. The van der Waals surface area contributed by atoms with E-state index in [2.05, 4.69) is 10.6 Å². The summed E-state index contributed by atoms with van der Waals surface area (Å²) in [6.07, 6.45) is -0.645. The number of carbonyl (C=O) groups excluding carboxylic acids is 10. The van der Waals surface area contributed by atoms with Crippen molar-refractivity contribution in [3.8, 4) is 0 Å². The average Bonchev–Trinajstić information content (AvgIpc) is 3.38. The summed E-state index contributed by atoms with van der Waals surface area (Å²) in [5.74, 6) is -6.63. The molecule has 0 saturated carbocycles. The summed E-state index contributed by atoms with van der Waals surface area (Å²) in [7, 11) is 10.0. The van der Waals surface area contributed by atoms with Crippen molar-refractivity contribution in [2.45, 2.75) is 189 Å². The number of likely N-dealkylation sites (N-methyl/N-ethyl adjacent to an activating group) is 7. The van der Waals surface area contributed by atoms with E-state index in [4.69, 9.17) is 10.5 Å². The molecule has 0 bridgehead atoms. The zero-order chi connectivity index (χ0) is 61.1. The summed E-state index contributed by atoms with van der Waals surface area (Å²) in [4.78, 5) is 147. The molecule has 0 aliphatic carbocycles.